The molecule has 0 aromatic carbocycles. The van der Waals surface area contributed by atoms with Crippen molar-refractivity contribution in [3.63, 3.8) is 0 Å². The van der Waals surface area contributed by atoms with Gasteiger partial charge in [0.25, 0.3) is 5.96 Å². The second-order valence-electron chi connectivity index (χ2n) is 12.7. The summed E-state index contributed by atoms with van der Waals surface area (Å²) in [6.07, 6.45) is 29.9. The fraction of sp³-hybridized carbons (Fsp3) is 0.914. The molecule has 11 nitrogen and oxygen atoms in total. The highest BCUT2D eigenvalue weighted by molar-refractivity contribution is 5.85. The fourth-order valence-corrected chi connectivity index (χ4v) is 5.51. The lowest BCUT2D eigenvalue weighted by atomic mass is 10.0. The van der Waals surface area contributed by atoms with E-state index in [-0.39, 0.29) is 12.5 Å². The smallest absolute Gasteiger partial charge is 0.407 e. The summed E-state index contributed by atoms with van der Waals surface area (Å²) in [5, 5.41) is 25.4. The van der Waals surface area contributed by atoms with E-state index in [1.54, 1.807) is 5.43 Å². The Labute approximate surface area is 280 Å². The van der Waals surface area contributed by atoms with Gasteiger partial charge in [0.15, 0.2) is 5.03 Å². The number of guanidine groups is 1. The minimum absolute atomic E-state index is 0.248. The maximum atomic E-state index is 12.9. The molecule has 0 aliphatic carbocycles. The molecule has 5 N–H and O–H groups in total. The van der Waals surface area contributed by atoms with E-state index >= 15 is 0 Å². The maximum Gasteiger partial charge on any atom is 0.407 e. The number of hydrazine groups is 1. The van der Waals surface area contributed by atoms with Crippen molar-refractivity contribution in [3.05, 3.63) is 10.1 Å². The largest absolute Gasteiger partial charge is 0.450 e. The number of carbonyl (C=O) groups is 2. The second-order valence-corrected chi connectivity index (χ2v) is 12.7. The van der Waals surface area contributed by atoms with Crippen LogP contribution in [0.3, 0.4) is 0 Å². The Bertz CT molecular complexity index is 755. The van der Waals surface area contributed by atoms with Crippen LogP contribution in [-0.2, 0) is 9.53 Å². The van der Waals surface area contributed by atoms with E-state index in [1.807, 2.05) is 0 Å². The maximum absolute atomic E-state index is 12.9. The number of nitro groups is 1. The predicted octanol–water partition coefficient (Wildman–Crippen LogP) is 8.69. The van der Waals surface area contributed by atoms with Crippen LogP contribution in [0.15, 0.2) is 0 Å². The summed E-state index contributed by atoms with van der Waals surface area (Å²) < 4.78 is 5.36. The van der Waals surface area contributed by atoms with Crippen molar-refractivity contribution in [1.29, 1.82) is 5.41 Å². The number of rotatable bonds is 33. The van der Waals surface area contributed by atoms with Gasteiger partial charge in [-0.2, -0.15) is 0 Å². The Morgan fingerprint density at radius 2 is 1.04 bits per heavy atom. The molecule has 46 heavy (non-hydrogen) atoms. The quantitative estimate of drug-likeness (QED) is 0.0156. The first-order chi connectivity index (χ1) is 22.4. The number of unbranched alkanes of at least 4 members (excludes halogenated alkanes) is 22. The minimum atomic E-state index is -0.811. The van der Waals surface area contributed by atoms with Crippen LogP contribution in [0.5, 0.6) is 0 Å². The highest BCUT2D eigenvalue weighted by Crippen LogP contribution is 2.13. The first-order valence-corrected chi connectivity index (χ1v) is 18.8. The van der Waals surface area contributed by atoms with Crippen LogP contribution in [0.2, 0.25) is 0 Å². The molecule has 0 rings (SSSR count). The van der Waals surface area contributed by atoms with E-state index in [4.69, 9.17) is 10.1 Å². The van der Waals surface area contributed by atoms with Gasteiger partial charge in [-0.15, -0.1) is 0 Å². The molecule has 2 amide bonds. The molecular formula is C35H70N6O5. The third-order valence-electron chi connectivity index (χ3n) is 8.34. The molecule has 0 aromatic rings. The fourth-order valence-electron chi connectivity index (χ4n) is 5.51. The summed E-state index contributed by atoms with van der Waals surface area (Å²) >= 11 is 0. The van der Waals surface area contributed by atoms with Gasteiger partial charge in [-0.25, -0.2) is 14.9 Å². The number of nitrogens with zero attached hydrogens (tertiary/aromatic N) is 1. The van der Waals surface area contributed by atoms with Crippen LogP contribution < -0.4 is 21.4 Å². The average Bonchev–Trinajstić information content (AvgIpc) is 3.02. The minimum Gasteiger partial charge on any atom is -0.450 e. The van der Waals surface area contributed by atoms with Gasteiger partial charge in [-0.1, -0.05) is 161 Å². The van der Waals surface area contributed by atoms with Crippen LogP contribution in [0.25, 0.3) is 0 Å². The highest BCUT2D eigenvalue weighted by atomic mass is 16.7. The summed E-state index contributed by atoms with van der Waals surface area (Å²) in [6, 6.07) is -0.772. The number of carbonyl (C=O) groups excluding carboxylic acids is 2. The zero-order chi connectivity index (χ0) is 33.9. The lowest BCUT2D eigenvalue weighted by Crippen LogP contribution is -2.47. The van der Waals surface area contributed by atoms with Gasteiger partial charge in [0.05, 0.1) is 6.61 Å². The molecule has 0 aliphatic rings. The molecule has 0 saturated heterocycles. The molecule has 0 radical (unpaired) electrons. The summed E-state index contributed by atoms with van der Waals surface area (Å²) in [4.78, 5) is 35.8. The van der Waals surface area contributed by atoms with Crippen molar-refractivity contribution < 1.29 is 19.4 Å². The number of amides is 2. The first-order valence-electron chi connectivity index (χ1n) is 18.8. The monoisotopic (exact) mass is 655 g/mol. The number of hydrogen-bond acceptors (Lipinski definition) is 6. The molecule has 0 aromatic heterocycles. The van der Waals surface area contributed by atoms with Crippen LogP contribution in [-0.4, -0.2) is 48.7 Å². The summed E-state index contributed by atoms with van der Waals surface area (Å²) in [7, 11) is 0. The van der Waals surface area contributed by atoms with E-state index in [9.17, 15) is 19.7 Å². The number of alkyl carbamates (subject to hydrolysis) is 1. The second kappa shape index (κ2) is 33.8. The normalized spacial score (nSPS) is 11.5. The lowest BCUT2D eigenvalue weighted by Gasteiger charge is -2.18. The lowest BCUT2D eigenvalue weighted by molar-refractivity contribution is -0.525. The molecule has 0 bridgehead atoms. The van der Waals surface area contributed by atoms with Crippen molar-refractivity contribution in [2.45, 2.75) is 187 Å². The Balaban J connectivity index is 4.18. The van der Waals surface area contributed by atoms with E-state index in [1.165, 1.54) is 116 Å². The number of ether oxygens (including phenoxy) is 1. The van der Waals surface area contributed by atoms with Crippen molar-refractivity contribution in [3.8, 4) is 0 Å². The highest BCUT2D eigenvalue weighted by Gasteiger charge is 2.21. The zero-order valence-corrected chi connectivity index (χ0v) is 29.6. The van der Waals surface area contributed by atoms with Gasteiger partial charge < -0.3 is 20.7 Å². The Morgan fingerprint density at radius 3 is 1.50 bits per heavy atom. The number of hydrogen-bond donors (Lipinski definition) is 5. The molecule has 0 saturated carbocycles. The van der Waals surface area contributed by atoms with Gasteiger partial charge in [0.2, 0.25) is 5.91 Å². The SMILES string of the molecule is CCCCCCCCCCCCCCCCOC(=O)N[C@@H](CCCNC(=N)N[N+](=O)[O-])C(=O)NCCCCCCCCCCCC. The topological polar surface area (TPSA) is 158 Å². The summed E-state index contributed by atoms with van der Waals surface area (Å²) in [5.74, 6) is -0.685. The third-order valence-corrected chi connectivity index (χ3v) is 8.34. The number of nitrogens with one attached hydrogen (secondary N) is 5. The van der Waals surface area contributed by atoms with E-state index in [0.29, 0.717) is 26.0 Å². The molecule has 0 spiro atoms. The average molecular weight is 655 g/mol. The van der Waals surface area contributed by atoms with Gasteiger partial charge in [0.1, 0.15) is 6.04 Å². The predicted molar refractivity (Wildman–Crippen MR) is 189 cm³/mol. The Hall–Kier alpha value is -2.59. The third kappa shape index (κ3) is 31.4. The van der Waals surface area contributed by atoms with Crippen molar-refractivity contribution in [2.24, 2.45) is 0 Å². The summed E-state index contributed by atoms with van der Waals surface area (Å²) in [5.41, 5.74) is 1.74. The van der Waals surface area contributed by atoms with Crippen molar-refractivity contribution >= 4 is 18.0 Å². The molecule has 0 aliphatic heterocycles. The van der Waals surface area contributed by atoms with Crippen LogP contribution in [0.4, 0.5) is 4.79 Å². The Kier molecular flexibility index (Phi) is 31.9. The van der Waals surface area contributed by atoms with Crippen LogP contribution in [0, 0.1) is 15.5 Å². The first kappa shape index (κ1) is 43.4. The van der Waals surface area contributed by atoms with Crippen molar-refractivity contribution in [1.82, 2.24) is 21.4 Å². The molecule has 11 heteroatoms. The Morgan fingerprint density at radius 1 is 0.630 bits per heavy atom. The van der Waals surface area contributed by atoms with Crippen LogP contribution >= 0.6 is 0 Å². The van der Waals surface area contributed by atoms with Gasteiger partial charge >= 0.3 is 6.09 Å². The van der Waals surface area contributed by atoms with Gasteiger partial charge in [-0.05, 0) is 25.7 Å². The summed E-state index contributed by atoms with van der Waals surface area (Å²) in [6.45, 7) is 5.61. The molecule has 0 heterocycles. The molecule has 270 valence electrons. The van der Waals surface area contributed by atoms with Crippen LogP contribution in [0.1, 0.15) is 181 Å². The van der Waals surface area contributed by atoms with Gasteiger partial charge in [-0.3, -0.25) is 10.2 Å². The van der Waals surface area contributed by atoms with Gasteiger partial charge in [0, 0.05) is 13.1 Å². The molecule has 1 atom stereocenters. The molecular weight excluding hydrogens is 584 g/mol. The van der Waals surface area contributed by atoms with Crippen molar-refractivity contribution in [2.75, 3.05) is 19.7 Å². The standard InChI is InChI=1S/C35H70N6O5/c1-3-5-7-9-11-13-15-16-17-18-20-22-24-26-31-46-35(43)39-32(28-27-30-38-34(36)40-41(44)45)33(42)37-29-25-23-21-19-14-12-10-8-6-4-2/h32H,3-31H2,1-2H3,(H,37,42)(H,39,43)(H3,36,38,40)/t32-/m0/s1. The van der Waals surface area contributed by atoms with E-state index in [2.05, 4.69) is 29.8 Å². The van der Waals surface area contributed by atoms with E-state index < -0.39 is 23.1 Å². The zero-order valence-electron chi connectivity index (χ0n) is 29.6. The molecule has 0 fully saturated rings. The molecule has 0 unspecified atom stereocenters. The van der Waals surface area contributed by atoms with E-state index in [0.717, 1.165) is 38.5 Å².